The fourth-order valence-electron chi connectivity index (χ4n) is 2.13. The summed E-state index contributed by atoms with van der Waals surface area (Å²) in [7, 11) is 0. The lowest BCUT2D eigenvalue weighted by Gasteiger charge is -2.10. The van der Waals surface area contributed by atoms with Crippen molar-refractivity contribution in [3.05, 3.63) is 39.4 Å². The van der Waals surface area contributed by atoms with Crippen LogP contribution >= 0.6 is 15.9 Å². The lowest BCUT2D eigenvalue weighted by Crippen LogP contribution is -2.04. The van der Waals surface area contributed by atoms with Gasteiger partial charge in [0, 0.05) is 16.5 Å². The highest BCUT2D eigenvalue weighted by atomic mass is 79.9. The summed E-state index contributed by atoms with van der Waals surface area (Å²) in [5, 5.41) is 10.8. The lowest BCUT2D eigenvalue weighted by atomic mass is 10.0. The highest BCUT2D eigenvalue weighted by Crippen LogP contribution is 2.38. The maximum Gasteiger partial charge on any atom is 0.272 e. The first-order chi connectivity index (χ1) is 8.09. The average Bonchev–Trinajstić information content (AvgIpc) is 3.10. The zero-order valence-electron chi connectivity index (χ0n) is 9.86. The minimum Gasteiger partial charge on any atom is -0.258 e. The van der Waals surface area contributed by atoms with Crippen molar-refractivity contribution < 1.29 is 4.92 Å². The molecule has 3 nitrogen and oxygen atoms in total. The molecule has 1 aliphatic rings. The van der Waals surface area contributed by atoms with Gasteiger partial charge >= 0.3 is 0 Å². The number of nitro groups is 1. The lowest BCUT2D eigenvalue weighted by molar-refractivity contribution is -0.385. The van der Waals surface area contributed by atoms with Gasteiger partial charge in [0.1, 0.15) is 0 Å². The van der Waals surface area contributed by atoms with Gasteiger partial charge in [-0.25, -0.2) is 0 Å². The third-order valence-electron chi connectivity index (χ3n) is 3.44. The first kappa shape index (κ1) is 12.6. The van der Waals surface area contributed by atoms with Crippen molar-refractivity contribution >= 4 is 21.6 Å². The molecule has 92 valence electrons. The van der Waals surface area contributed by atoms with E-state index in [-0.39, 0.29) is 10.6 Å². The van der Waals surface area contributed by atoms with Gasteiger partial charge in [-0.15, -0.1) is 0 Å². The van der Waals surface area contributed by atoms with Gasteiger partial charge in [-0.2, -0.15) is 0 Å². The number of alkyl halides is 1. The van der Waals surface area contributed by atoms with Crippen molar-refractivity contribution in [3.8, 4) is 0 Å². The van der Waals surface area contributed by atoms with Crippen LogP contribution < -0.4 is 0 Å². The van der Waals surface area contributed by atoms with Gasteiger partial charge in [0.25, 0.3) is 5.69 Å². The van der Waals surface area contributed by atoms with E-state index in [1.165, 1.54) is 12.8 Å². The Balaban J connectivity index is 2.04. The summed E-state index contributed by atoms with van der Waals surface area (Å²) in [4.78, 5) is 11.1. The molecule has 1 aromatic carbocycles. The van der Waals surface area contributed by atoms with Gasteiger partial charge in [0.05, 0.1) is 4.92 Å². The maximum absolute atomic E-state index is 10.8. The molecule has 1 saturated carbocycles. The third kappa shape index (κ3) is 3.06. The van der Waals surface area contributed by atoms with Gasteiger partial charge in [-0.3, -0.25) is 10.1 Å². The van der Waals surface area contributed by atoms with Gasteiger partial charge in [0.15, 0.2) is 0 Å². The summed E-state index contributed by atoms with van der Waals surface area (Å²) in [5.41, 5.74) is 2.15. The second-order valence-electron chi connectivity index (χ2n) is 4.71. The topological polar surface area (TPSA) is 43.1 Å². The Bertz CT molecular complexity index is 429. The molecule has 0 aliphatic heterocycles. The summed E-state index contributed by atoms with van der Waals surface area (Å²) >= 11 is 3.70. The highest BCUT2D eigenvalue weighted by molar-refractivity contribution is 9.09. The van der Waals surface area contributed by atoms with Crippen molar-refractivity contribution in [1.82, 2.24) is 0 Å². The number of hydrogen-bond donors (Lipinski definition) is 0. The van der Waals surface area contributed by atoms with Crippen LogP contribution in [0.25, 0.3) is 0 Å². The van der Waals surface area contributed by atoms with E-state index in [0.29, 0.717) is 4.83 Å². The van der Waals surface area contributed by atoms with E-state index >= 15 is 0 Å². The molecule has 4 heteroatoms. The second-order valence-corrected chi connectivity index (χ2v) is 5.89. The molecule has 1 fully saturated rings. The maximum atomic E-state index is 10.8. The molecule has 0 heterocycles. The van der Waals surface area contributed by atoms with E-state index in [1.807, 2.05) is 13.0 Å². The van der Waals surface area contributed by atoms with Crippen molar-refractivity contribution in [2.45, 2.75) is 37.4 Å². The van der Waals surface area contributed by atoms with Gasteiger partial charge in [-0.1, -0.05) is 28.1 Å². The molecule has 0 amide bonds. The number of aryl methyl sites for hydroxylation is 1. The smallest absolute Gasteiger partial charge is 0.258 e. The Kier molecular flexibility index (Phi) is 3.82. The summed E-state index contributed by atoms with van der Waals surface area (Å²) in [5.74, 6) is 0.828. The van der Waals surface area contributed by atoms with Gasteiger partial charge in [-0.05, 0) is 44.1 Å². The van der Waals surface area contributed by atoms with Crippen LogP contribution in [0, 0.1) is 23.0 Å². The number of nitro benzene ring substituents is 1. The van der Waals surface area contributed by atoms with Crippen LogP contribution in [0.5, 0.6) is 0 Å². The van der Waals surface area contributed by atoms with E-state index < -0.39 is 0 Å². The summed E-state index contributed by atoms with van der Waals surface area (Å²) < 4.78 is 0. The zero-order valence-corrected chi connectivity index (χ0v) is 11.4. The normalized spacial score (nSPS) is 16.8. The molecule has 0 spiro atoms. The Hall–Kier alpha value is -0.900. The molecule has 1 aromatic rings. The standard InChI is InChI=1S/C13H16BrNO2/c1-9-10(3-2-4-13(9)15(16)17)7-8-12(14)11-5-6-11/h2-4,11-12H,5-8H2,1H3. The Morgan fingerprint density at radius 3 is 2.82 bits per heavy atom. The summed E-state index contributed by atoms with van der Waals surface area (Å²) in [6.07, 6.45) is 4.63. The monoisotopic (exact) mass is 297 g/mol. The molecular weight excluding hydrogens is 282 g/mol. The predicted octanol–water partition coefficient (Wildman–Crippen LogP) is 4.01. The molecule has 2 rings (SSSR count). The van der Waals surface area contributed by atoms with Crippen LogP contribution in [-0.4, -0.2) is 9.75 Å². The minimum absolute atomic E-state index is 0.236. The molecule has 0 N–H and O–H groups in total. The first-order valence-electron chi connectivity index (χ1n) is 5.96. The van der Waals surface area contributed by atoms with Crippen LogP contribution in [0.2, 0.25) is 0 Å². The Labute approximate surface area is 110 Å². The molecule has 1 unspecified atom stereocenters. The zero-order chi connectivity index (χ0) is 12.4. The molecular formula is C13H16BrNO2. The minimum atomic E-state index is -0.300. The number of rotatable bonds is 5. The largest absolute Gasteiger partial charge is 0.272 e. The average molecular weight is 298 g/mol. The van der Waals surface area contributed by atoms with Crippen LogP contribution in [-0.2, 0) is 6.42 Å². The second kappa shape index (κ2) is 5.17. The van der Waals surface area contributed by atoms with Crippen molar-refractivity contribution in [2.75, 3.05) is 0 Å². The predicted molar refractivity (Wildman–Crippen MR) is 71.6 cm³/mol. The van der Waals surface area contributed by atoms with E-state index in [4.69, 9.17) is 0 Å². The number of halogens is 1. The van der Waals surface area contributed by atoms with Crippen LogP contribution in [0.1, 0.15) is 30.4 Å². The van der Waals surface area contributed by atoms with E-state index in [2.05, 4.69) is 15.9 Å². The van der Waals surface area contributed by atoms with Crippen LogP contribution in [0.4, 0.5) is 5.69 Å². The van der Waals surface area contributed by atoms with E-state index in [9.17, 15) is 10.1 Å². The highest BCUT2D eigenvalue weighted by Gasteiger charge is 2.29. The van der Waals surface area contributed by atoms with Crippen molar-refractivity contribution in [1.29, 1.82) is 0 Å². The number of hydrogen-bond acceptors (Lipinski definition) is 2. The summed E-state index contributed by atoms with van der Waals surface area (Å²) in [6.45, 7) is 1.84. The SMILES string of the molecule is Cc1c(CCC(Br)C2CC2)cccc1[N+](=O)[O-]. The first-order valence-corrected chi connectivity index (χ1v) is 6.88. The number of nitrogens with zero attached hydrogens (tertiary/aromatic N) is 1. The van der Waals surface area contributed by atoms with E-state index in [1.54, 1.807) is 12.1 Å². The number of benzene rings is 1. The van der Waals surface area contributed by atoms with Crippen molar-refractivity contribution in [2.24, 2.45) is 5.92 Å². The van der Waals surface area contributed by atoms with Crippen LogP contribution in [0.3, 0.4) is 0 Å². The third-order valence-corrected chi connectivity index (χ3v) is 4.64. The molecule has 0 radical (unpaired) electrons. The van der Waals surface area contributed by atoms with Crippen LogP contribution in [0.15, 0.2) is 18.2 Å². The quantitative estimate of drug-likeness (QED) is 0.468. The molecule has 1 aliphatic carbocycles. The molecule has 0 saturated heterocycles. The fourth-order valence-corrected chi connectivity index (χ4v) is 2.88. The molecule has 0 aromatic heterocycles. The van der Waals surface area contributed by atoms with Crippen molar-refractivity contribution in [3.63, 3.8) is 0 Å². The van der Waals surface area contributed by atoms with Gasteiger partial charge in [0.2, 0.25) is 0 Å². The molecule has 1 atom stereocenters. The Morgan fingerprint density at radius 1 is 1.53 bits per heavy atom. The molecule has 0 bridgehead atoms. The van der Waals surface area contributed by atoms with E-state index in [0.717, 1.165) is 29.9 Å². The fraction of sp³-hybridized carbons (Fsp3) is 0.538. The Morgan fingerprint density at radius 2 is 2.24 bits per heavy atom. The van der Waals surface area contributed by atoms with Gasteiger partial charge < -0.3 is 0 Å². The molecule has 17 heavy (non-hydrogen) atoms. The summed E-state index contributed by atoms with van der Waals surface area (Å²) in [6, 6.07) is 5.35.